The Morgan fingerprint density at radius 2 is 1.97 bits per heavy atom. The van der Waals surface area contributed by atoms with Gasteiger partial charge in [0.05, 0.1) is 0 Å². The number of carbonyl (C=O) groups is 2. The Bertz CT molecular complexity index is 966. The van der Waals surface area contributed by atoms with Gasteiger partial charge in [-0.3, -0.25) is 4.79 Å². The van der Waals surface area contributed by atoms with Crippen LogP contribution in [0.25, 0.3) is 0 Å². The predicted molar refractivity (Wildman–Crippen MR) is 107 cm³/mol. The van der Waals surface area contributed by atoms with E-state index in [2.05, 4.69) is 30.7 Å². The largest absolute Gasteiger partial charge is 0.490 e. The normalized spacial score (nSPS) is 13.4. The topological polar surface area (TPSA) is 105 Å². The number of halogens is 4. The fourth-order valence-electron chi connectivity index (χ4n) is 2.77. The van der Waals surface area contributed by atoms with E-state index in [1.54, 1.807) is 18.3 Å². The number of rotatable bonds is 10. The lowest BCUT2D eigenvalue weighted by Gasteiger charge is -2.13. The molecule has 1 aromatic carbocycles. The molecule has 1 saturated carbocycles. The molecule has 32 heavy (non-hydrogen) atoms. The summed E-state index contributed by atoms with van der Waals surface area (Å²) >= 11 is 0. The molecule has 1 heterocycles. The maximum absolute atomic E-state index is 13.4. The minimum atomic E-state index is -5.14. The van der Waals surface area contributed by atoms with Crippen LogP contribution in [0.4, 0.5) is 35.0 Å². The molecule has 8 nitrogen and oxygen atoms in total. The smallest absolute Gasteiger partial charge is 0.449 e. The Balaban J connectivity index is 1.46. The fourth-order valence-corrected chi connectivity index (χ4v) is 2.77. The molecule has 1 fully saturated rings. The average molecular weight is 455 g/mol. The summed E-state index contributed by atoms with van der Waals surface area (Å²) in [7, 11) is 0. The molecule has 0 atom stereocenters. The zero-order valence-electron chi connectivity index (χ0n) is 16.8. The van der Waals surface area contributed by atoms with E-state index in [0.717, 1.165) is 18.4 Å². The monoisotopic (exact) mass is 455 g/mol. The first-order valence-corrected chi connectivity index (χ1v) is 9.86. The SMILES string of the molecule is O=C(COC(=O)C(F)(F)F)NCCCNc1nc(Nc2cccc(F)c2)ncc1C1CC1. The molecule has 1 aliphatic rings. The summed E-state index contributed by atoms with van der Waals surface area (Å²) in [5.41, 5.74) is 1.46. The second-order valence-electron chi connectivity index (χ2n) is 7.11. The highest BCUT2D eigenvalue weighted by molar-refractivity contribution is 5.82. The van der Waals surface area contributed by atoms with Gasteiger partial charge < -0.3 is 20.7 Å². The van der Waals surface area contributed by atoms with Crippen molar-refractivity contribution in [3.05, 3.63) is 41.8 Å². The van der Waals surface area contributed by atoms with Crippen molar-refractivity contribution in [2.75, 3.05) is 30.3 Å². The van der Waals surface area contributed by atoms with E-state index in [9.17, 15) is 27.2 Å². The van der Waals surface area contributed by atoms with Gasteiger partial charge in [0.25, 0.3) is 5.91 Å². The summed E-state index contributed by atoms with van der Waals surface area (Å²) in [6.45, 7) is -0.426. The molecular weight excluding hydrogens is 434 g/mol. The van der Waals surface area contributed by atoms with Gasteiger partial charge in [-0.05, 0) is 43.4 Å². The number of hydrogen-bond acceptors (Lipinski definition) is 7. The van der Waals surface area contributed by atoms with Gasteiger partial charge >= 0.3 is 12.1 Å². The standard InChI is InChI=1S/C20H21F4N5O3/c21-13-3-1-4-14(9-13)28-19-27-10-15(12-5-6-12)17(29-19)26-8-2-7-25-16(30)11-32-18(31)20(22,23)24/h1,3-4,9-10,12H,2,5-8,11H2,(H,25,30)(H2,26,27,28,29). The molecule has 1 amide bonds. The molecule has 1 aromatic heterocycles. The zero-order chi connectivity index (χ0) is 23.1. The number of esters is 1. The number of alkyl halides is 3. The number of amides is 1. The van der Waals surface area contributed by atoms with E-state index >= 15 is 0 Å². The van der Waals surface area contributed by atoms with Gasteiger partial charge in [-0.25, -0.2) is 14.2 Å². The Morgan fingerprint density at radius 3 is 2.66 bits per heavy atom. The number of nitrogens with zero attached hydrogens (tertiary/aromatic N) is 2. The van der Waals surface area contributed by atoms with Crippen LogP contribution >= 0.6 is 0 Å². The first kappa shape index (κ1) is 23.2. The Hall–Kier alpha value is -3.44. The number of ether oxygens (including phenoxy) is 1. The molecule has 0 spiro atoms. The van der Waals surface area contributed by atoms with Gasteiger partial charge in [0.15, 0.2) is 6.61 Å². The third kappa shape index (κ3) is 7.06. The van der Waals surface area contributed by atoms with E-state index in [4.69, 9.17) is 0 Å². The second kappa shape index (κ2) is 10.2. The number of aromatic nitrogens is 2. The lowest BCUT2D eigenvalue weighted by Crippen LogP contribution is -2.33. The Kier molecular flexibility index (Phi) is 7.44. The molecule has 172 valence electrons. The van der Waals surface area contributed by atoms with Crippen molar-refractivity contribution >= 4 is 29.3 Å². The molecule has 0 radical (unpaired) electrons. The quantitative estimate of drug-likeness (QED) is 0.287. The van der Waals surface area contributed by atoms with Gasteiger partial charge in [-0.1, -0.05) is 6.07 Å². The van der Waals surface area contributed by atoms with Crippen LogP contribution in [0.1, 0.15) is 30.7 Å². The molecule has 0 saturated heterocycles. The van der Waals surface area contributed by atoms with Crippen molar-refractivity contribution in [3.63, 3.8) is 0 Å². The summed E-state index contributed by atoms with van der Waals surface area (Å²) in [4.78, 5) is 30.8. The minimum Gasteiger partial charge on any atom is -0.449 e. The van der Waals surface area contributed by atoms with Crippen LogP contribution in [0, 0.1) is 5.82 Å². The van der Waals surface area contributed by atoms with Gasteiger partial charge in [0.2, 0.25) is 5.95 Å². The summed E-state index contributed by atoms with van der Waals surface area (Å²) in [5.74, 6) is -2.35. The van der Waals surface area contributed by atoms with E-state index in [1.165, 1.54) is 12.1 Å². The average Bonchev–Trinajstić information content (AvgIpc) is 3.56. The number of nitrogens with one attached hydrogen (secondary N) is 3. The maximum atomic E-state index is 13.4. The summed E-state index contributed by atoms with van der Waals surface area (Å²) < 4.78 is 53.3. The minimum absolute atomic E-state index is 0.160. The van der Waals surface area contributed by atoms with Crippen LogP contribution in [0.3, 0.4) is 0 Å². The first-order chi connectivity index (χ1) is 15.2. The molecule has 12 heteroatoms. The summed E-state index contributed by atoms with van der Waals surface area (Å²) in [5, 5.41) is 8.48. The van der Waals surface area contributed by atoms with Crippen LogP contribution in [0.15, 0.2) is 30.5 Å². The Morgan fingerprint density at radius 1 is 1.19 bits per heavy atom. The van der Waals surface area contributed by atoms with Crippen molar-refractivity contribution < 1.29 is 31.9 Å². The van der Waals surface area contributed by atoms with Gasteiger partial charge in [-0.2, -0.15) is 18.2 Å². The van der Waals surface area contributed by atoms with Gasteiger partial charge in [0, 0.05) is 30.5 Å². The van der Waals surface area contributed by atoms with Gasteiger partial charge in [0.1, 0.15) is 11.6 Å². The summed E-state index contributed by atoms with van der Waals surface area (Å²) in [6.07, 6.45) is -0.919. The van der Waals surface area contributed by atoms with Crippen LogP contribution < -0.4 is 16.0 Å². The number of carbonyl (C=O) groups excluding carboxylic acids is 2. The molecule has 0 unspecified atom stereocenters. The van der Waals surface area contributed by atoms with Crippen molar-refractivity contribution in [1.82, 2.24) is 15.3 Å². The first-order valence-electron chi connectivity index (χ1n) is 9.86. The van der Waals surface area contributed by atoms with Crippen molar-refractivity contribution in [2.24, 2.45) is 0 Å². The molecule has 0 aliphatic heterocycles. The highest BCUT2D eigenvalue weighted by Crippen LogP contribution is 2.42. The van der Waals surface area contributed by atoms with Crippen LogP contribution in [-0.2, 0) is 14.3 Å². The molecule has 2 aromatic rings. The van der Waals surface area contributed by atoms with E-state index in [1.807, 2.05) is 0 Å². The van der Waals surface area contributed by atoms with Crippen LogP contribution in [0.2, 0.25) is 0 Å². The third-order valence-electron chi connectivity index (χ3n) is 4.45. The second-order valence-corrected chi connectivity index (χ2v) is 7.11. The number of hydrogen-bond donors (Lipinski definition) is 3. The Labute approximate surface area is 180 Å². The van der Waals surface area contributed by atoms with E-state index in [-0.39, 0.29) is 6.54 Å². The van der Waals surface area contributed by atoms with Crippen molar-refractivity contribution in [1.29, 1.82) is 0 Å². The maximum Gasteiger partial charge on any atom is 0.490 e. The molecule has 1 aliphatic carbocycles. The van der Waals surface area contributed by atoms with Crippen molar-refractivity contribution in [2.45, 2.75) is 31.4 Å². The third-order valence-corrected chi connectivity index (χ3v) is 4.45. The summed E-state index contributed by atoms with van der Waals surface area (Å²) in [6, 6.07) is 5.89. The fraction of sp³-hybridized carbons (Fsp3) is 0.400. The molecular formula is C20H21F4N5O3. The highest BCUT2D eigenvalue weighted by atomic mass is 19.4. The van der Waals surface area contributed by atoms with Crippen LogP contribution in [-0.4, -0.2) is 47.7 Å². The van der Waals surface area contributed by atoms with Crippen molar-refractivity contribution in [3.8, 4) is 0 Å². The van der Waals surface area contributed by atoms with Crippen LogP contribution in [0.5, 0.6) is 0 Å². The lowest BCUT2D eigenvalue weighted by atomic mass is 10.2. The molecule has 0 bridgehead atoms. The van der Waals surface area contributed by atoms with E-state index in [0.29, 0.717) is 36.3 Å². The van der Waals surface area contributed by atoms with Gasteiger partial charge in [-0.15, -0.1) is 0 Å². The number of benzene rings is 1. The predicted octanol–water partition coefficient (Wildman–Crippen LogP) is 3.26. The zero-order valence-corrected chi connectivity index (χ0v) is 16.8. The molecule has 3 N–H and O–H groups in total. The molecule has 3 rings (SSSR count). The van der Waals surface area contributed by atoms with E-state index < -0.39 is 30.5 Å². The lowest BCUT2D eigenvalue weighted by molar-refractivity contribution is -0.199. The highest BCUT2D eigenvalue weighted by Gasteiger charge is 2.41. The number of anilines is 3.